The third-order valence-corrected chi connectivity index (χ3v) is 3.35. The molecule has 1 heterocycles. The SMILES string of the molecule is CCSc1ccc(C(=O)NCC(C)CCO)cn1. The molecule has 2 N–H and O–H groups in total. The van der Waals surface area contributed by atoms with E-state index in [2.05, 4.69) is 17.2 Å². The third kappa shape index (κ3) is 5.06. The largest absolute Gasteiger partial charge is 0.396 e. The van der Waals surface area contributed by atoms with Crippen molar-refractivity contribution >= 4 is 17.7 Å². The Hall–Kier alpha value is -1.07. The number of amides is 1. The minimum Gasteiger partial charge on any atom is -0.396 e. The number of nitrogens with one attached hydrogen (secondary N) is 1. The summed E-state index contributed by atoms with van der Waals surface area (Å²) in [6.07, 6.45) is 2.30. The molecule has 18 heavy (non-hydrogen) atoms. The van der Waals surface area contributed by atoms with E-state index in [4.69, 9.17) is 5.11 Å². The van der Waals surface area contributed by atoms with E-state index in [1.807, 2.05) is 13.0 Å². The molecular formula is C13H20N2O2S. The molecule has 1 unspecified atom stereocenters. The Kier molecular flexibility index (Phi) is 6.75. The van der Waals surface area contributed by atoms with Crippen molar-refractivity contribution in [2.45, 2.75) is 25.3 Å². The number of rotatable bonds is 7. The van der Waals surface area contributed by atoms with Gasteiger partial charge >= 0.3 is 0 Å². The van der Waals surface area contributed by atoms with Crippen LogP contribution in [0.25, 0.3) is 0 Å². The van der Waals surface area contributed by atoms with E-state index in [9.17, 15) is 4.79 Å². The van der Waals surface area contributed by atoms with E-state index >= 15 is 0 Å². The van der Waals surface area contributed by atoms with Crippen molar-refractivity contribution in [1.29, 1.82) is 0 Å². The van der Waals surface area contributed by atoms with Crippen LogP contribution in [0.2, 0.25) is 0 Å². The number of pyridine rings is 1. The van der Waals surface area contributed by atoms with Gasteiger partial charge in [-0.1, -0.05) is 13.8 Å². The Morgan fingerprint density at radius 3 is 2.89 bits per heavy atom. The van der Waals surface area contributed by atoms with Crippen molar-refractivity contribution in [2.24, 2.45) is 5.92 Å². The van der Waals surface area contributed by atoms with Crippen LogP contribution < -0.4 is 5.32 Å². The first-order valence-electron chi connectivity index (χ1n) is 6.15. The number of aliphatic hydroxyl groups is 1. The Morgan fingerprint density at radius 1 is 1.56 bits per heavy atom. The zero-order chi connectivity index (χ0) is 13.4. The van der Waals surface area contributed by atoms with Crippen molar-refractivity contribution < 1.29 is 9.90 Å². The van der Waals surface area contributed by atoms with Crippen molar-refractivity contribution in [2.75, 3.05) is 18.9 Å². The summed E-state index contributed by atoms with van der Waals surface area (Å²) < 4.78 is 0. The van der Waals surface area contributed by atoms with E-state index < -0.39 is 0 Å². The van der Waals surface area contributed by atoms with Crippen molar-refractivity contribution in [1.82, 2.24) is 10.3 Å². The van der Waals surface area contributed by atoms with Gasteiger partial charge in [-0.05, 0) is 30.2 Å². The maximum absolute atomic E-state index is 11.8. The van der Waals surface area contributed by atoms with Crippen LogP contribution in [0.1, 0.15) is 30.6 Å². The maximum Gasteiger partial charge on any atom is 0.252 e. The number of nitrogens with zero attached hydrogens (tertiary/aromatic N) is 1. The third-order valence-electron chi connectivity index (χ3n) is 2.52. The lowest BCUT2D eigenvalue weighted by molar-refractivity contribution is 0.0945. The zero-order valence-corrected chi connectivity index (χ0v) is 11.7. The molecule has 1 atom stereocenters. The number of hydrogen-bond acceptors (Lipinski definition) is 4. The van der Waals surface area contributed by atoms with Crippen LogP contribution in [-0.4, -0.2) is 34.9 Å². The highest BCUT2D eigenvalue weighted by Gasteiger charge is 2.08. The first-order valence-corrected chi connectivity index (χ1v) is 7.13. The lowest BCUT2D eigenvalue weighted by Crippen LogP contribution is -2.28. The standard InChI is InChI=1S/C13H20N2O2S/c1-3-18-12-5-4-11(9-14-12)13(17)15-8-10(2)6-7-16/h4-5,9-10,16H,3,6-8H2,1-2H3,(H,15,17). The van der Waals surface area contributed by atoms with Crippen LogP contribution >= 0.6 is 11.8 Å². The van der Waals surface area contributed by atoms with Gasteiger partial charge in [0.25, 0.3) is 5.91 Å². The number of thioether (sulfide) groups is 1. The topological polar surface area (TPSA) is 62.2 Å². The summed E-state index contributed by atoms with van der Waals surface area (Å²) in [7, 11) is 0. The molecular weight excluding hydrogens is 248 g/mol. The number of hydrogen-bond donors (Lipinski definition) is 2. The second-order valence-corrected chi connectivity index (χ2v) is 5.43. The lowest BCUT2D eigenvalue weighted by Gasteiger charge is -2.11. The van der Waals surface area contributed by atoms with Crippen LogP contribution in [0.5, 0.6) is 0 Å². The second kappa shape index (κ2) is 8.11. The van der Waals surface area contributed by atoms with Gasteiger partial charge in [0.2, 0.25) is 0 Å². The predicted molar refractivity (Wildman–Crippen MR) is 73.8 cm³/mol. The average molecular weight is 268 g/mol. The van der Waals surface area contributed by atoms with Gasteiger partial charge in [-0.15, -0.1) is 11.8 Å². The van der Waals surface area contributed by atoms with Gasteiger partial charge in [0, 0.05) is 19.3 Å². The Balaban J connectivity index is 2.46. The van der Waals surface area contributed by atoms with E-state index in [1.54, 1.807) is 24.0 Å². The fourth-order valence-corrected chi connectivity index (χ4v) is 2.03. The molecule has 0 bridgehead atoms. The summed E-state index contributed by atoms with van der Waals surface area (Å²) in [5.41, 5.74) is 0.576. The van der Waals surface area contributed by atoms with Crippen LogP contribution in [0.3, 0.4) is 0 Å². The van der Waals surface area contributed by atoms with Crippen LogP contribution in [0.4, 0.5) is 0 Å². The molecule has 0 fully saturated rings. The normalized spacial score (nSPS) is 12.2. The number of aliphatic hydroxyl groups excluding tert-OH is 1. The molecule has 0 saturated heterocycles. The van der Waals surface area contributed by atoms with E-state index in [0.29, 0.717) is 18.5 Å². The van der Waals surface area contributed by atoms with Gasteiger partial charge < -0.3 is 10.4 Å². The molecule has 0 aliphatic heterocycles. The number of carbonyl (C=O) groups excluding carboxylic acids is 1. The van der Waals surface area contributed by atoms with Crippen molar-refractivity contribution in [3.8, 4) is 0 Å². The Bertz CT molecular complexity index is 368. The van der Waals surface area contributed by atoms with Crippen LogP contribution in [0.15, 0.2) is 23.4 Å². The molecule has 0 saturated carbocycles. The van der Waals surface area contributed by atoms with Crippen LogP contribution in [-0.2, 0) is 0 Å². The van der Waals surface area contributed by atoms with E-state index in [1.165, 1.54) is 0 Å². The Labute approximate surface area is 112 Å². The van der Waals surface area contributed by atoms with Gasteiger partial charge in [0.15, 0.2) is 0 Å². The summed E-state index contributed by atoms with van der Waals surface area (Å²) in [6, 6.07) is 3.65. The monoisotopic (exact) mass is 268 g/mol. The molecule has 0 spiro atoms. The highest BCUT2D eigenvalue weighted by Crippen LogP contribution is 2.14. The minimum atomic E-state index is -0.111. The highest BCUT2D eigenvalue weighted by atomic mass is 32.2. The first kappa shape index (κ1) is 15.0. The first-order chi connectivity index (χ1) is 8.67. The van der Waals surface area contributed by atoms with E-state index in [0.717, 1.165) is 10.8 Å². The fourth-order valence-electron chi connectivity index (χ4n) is 1.44. The molecule has 0 aliphatic carbocycles. The minimum absolute atomic E-state index is 0.111. The van der Waals surface area contributed by atoms with Gasteiger partial charge in [-0.2, -0.15) is 0 Å². The number of carbonyl (C=O) groups is 1. The number of aromatic nitrogens is 1. The van der Waals surface area contributed by atoms with Gasteiger partial charge in [0.1, 0.15) is 0 Å². The molecule has 1 amide bonds. The quantitative estimate of drug-likeness (QED) is 0.742. The van der Waals surface area contributed by atoms with Gasteiger partial charge in [-0.3, -0.25) is 4.79 Å². The zero-order valence-electron chi connectivity index (χ0n) is 10.8. The smallest absolute Gasteiger partial charge is 0.252 e. The summed E-state index contributed by atoms with van der Waals surface area (Å²) in [6.45, 7) is 4.79. The molecule has 100 valence electrons. The maximum atomic E-state index is 11.8. The average Bonchev–Trinajstić information content (AvgIpc) is 2.37. The van der Waals surface area contributed by atoms with Crippen molar-refractivity contribution in [3.63, 3.8) is 0 Å². The van der Waals surface area contributed by atoms with Crippen molar-refractivity contribution in [3.05, 3.63) is 23.9 Å². The van der Waals surface area contributed by atoms with Gasteiger partial charge in [-0.25, -0.2) is 4.98 Å². The van der Waals surface area contributed by atoms with Gasteiger partial charge in [0.05, 0.1) is 10.6 Å². The Morgan fingerprint density at radius 2 is 2.33 bits per heavy atom. The molecule has 0 aliphatic rings. The molecule has 1 aromatic rings. The second-order valence-electron chi connectivity index (χ2n) is 4.15. The predicted octanol–water partition coefficient (Wildman–Crippen LogP) is 1.94. The molecule has 1 aromatic heterocycles. The summed E-state index contributed by atoms with van der Waals surface area (Å²) in [4.78, 5) is 16.0. The highest BCUT2D eigenvalue weighted by molar-refractivity contribution is 7.99. The molecule has 0 aromatic carbocycles. The van der Waals surface area contributed by atoms with E-state index in [-0.39, 0.29) is 18.4 Å². The molecule has 4 nitrogen and oxygen atoms in total. The molecule has 5 heteroatoms. The molecule has 1 rings (SSSR count). The lowest BCUT2D eigenvalue weighted by atomic mass is 10.1. The summed E-state index contributed by atoms with van der Waals surface area (Å²) in [5, 5.41) is 12.5. The van der Waals surface area contributed by atoms with Crippen LogP contribution in [0, 0.1) is 5.92 Å². The molecule has 0 radical (unpaired) electrons. The summed E-state index contributed by atoms with van der Waals surface area (Å²) in [5.74, 6) is 1.14. The summed E-state index contributed by atoms with van der Waals surface area (Å²) >= 11 is 1.65. The fraction of sp³-hybridized carbons (Fsp3) is 0.538.